The number of carbonyl (C=O) groups is 1. The molecule has 0 aliphatic carbocycles. The first-order valence-electron chi connectivity index (χ1n) is 10.1. The van der Waals surface area contributed by atoms with Crippen molar-refractivity contribution in [3.8, 4) is 0 Å². The van der Waals surface area contributed by atoms with Crippen molar-refractivity contribution in [2.24, 2.45) is 0 Å². The highest BCUT2D eigenvalue weighted by molar-refractivity contribution is 7.80. The molecule has 162 valence electrons. The number of hydrogen-bond donors (Lipinski definition) is 3. The van der Waals surface area contributed by atoms with E-state index in [0.29, 0.717) is 55.5 Å². The maximum atomic E-state index is 11.8. The third-order valence-corrected chi connectivity index (χ3v) is 5.00. The summed E-state index contributed by atoms with van der Waals surface area (Å²) in [5, 5.41) is 9.96. The molecule has 2 aromatic rings. The molecule has 0 bridgehead atoms. The van der Waals surface area contributed by atoms with E-state index in [1.165, 1.54) is 0 Å². The van der Waals surface area contributed by atoms with Crippen LogP contribution < -0.4 is 16.0 Å². The van der Waals surface area contributed by atoms with Gasteiger partial charge in [0.25, 0.3) is 0 Å². The Morgan fingerprint density at radius 3 is 2.87 bits per heavy atom. The molecule has 0 radical (unpaired) electrons. The Morgan fingerprint density at radius 1 is 1.37 bits per heavy atom. The molecule has 0 saturated carbocycles. The third kappa shape index (κ3) is 6.39. The molecule has 1 aliphatic heterocycles. The first kappa shape index (κ1) is 22.0. The third-order valence-electron chi connectivity index (χ3n) is 4.75. The van der Waals surface area contributed by atoms with Gasteiger partial charge in [-0.15, -0.1) is 0 Å². The maximum Gasteiger partial charge on any atom is 0.409 e. The van der Waals surface area contributed by atoms with Crippen LogP contribution in [-0.2, 0) is 11.3 Å². The first-order valence-corrected chi connectivity index (χ1v) is 10.5. The topological polar surface area (TPSA) is 105 Å². The zero-order valence-corrected chi connectivity index (χ0v) is 18.1. The molecular formula is C20H28N6O3S. The zero-order chi connectivity index (χ0) is 21.3. The molecular weight excluding hydrogens is 404 g/mol. The molecule has 1 fully saturated rings. The van der Waals surface area contributed by atoms with Crippen molar-refractivity contribution in [1.29, 1.82) is 0 Å². The molecule has 0 spiro atoms. The van der Waals surface area contributed by atoms with E-state index in [-0.39, 0.29) is 6.09 Å². The van der Waals surface area contributed by atoms with E-state index < -0.39 is 0 Å². The number of hydrogen-bond acceptors (Lipinski definition) is 8. The number of carbonyl (C=O) groups excluding carboxylic acids is 1. The quantitative estimate of drug-likeness (QED) is 0.543. The lowest BCUT2D eigenvalue weighted by Crippen LogP contribution is -2.46. The van der Waals surface area contributed by atoms with Crippen LogP contribution in [0.25, 0.3) is 0 Å². The SMILES string of the molecule is CCOC(=O)N1CCC(NCC(=S)Nc2cccnc2NCc2cnc(C)o2)CC1. The minimum Gasteiger partial charge on any atom is -0.450 e. The number of likely N-dealkylation sites (tertiary alicyclic amines) is 1. The van der Waals surface area contributed by atoms with Gasteiger partial charge in [-0.1, -0.05) is 12.2 Å². The van der Waals surface area contributed by atoms with Gasteiger partial charge in [0.1, 0.15) is 11.6 Å². The standard InChI is InChI=1S/C20H28N6O3S/c1-3-28-20(27)26-9-6-15(7-10-26)23-13-18(30)25-17-5-4-8-21-19(17)24-12-16-11-22-14(2)29-16/h4-5,8,11,15,23H,3,6-7,9-10,12-13H2,1-2H3,(H,21,24)(H,25,30). The maximum absolute atomic E-state index is 11.8. The van der Waals surface area contributed by atoms with Gasteiger partial charge in [0.05, 0.1) is 30.0 Å². The average Bonchev–Trinajstić information content (AvgIpc) is 3.17. The van der Waals surface area contributed by atoms with Gasteiger partial charge in [0.2, 0.25) is 0 Å². The molecule has 1 saturated heterocycles. The highest BCUT2D eigenvalue weighted by Gasteiger charge is 2.23. The lowest BCUT2D eigenvalue weighted by Gasteiger charge is -2.31. The summed E-state index contributed by atoms with van der Waals surface area (Å²) in [6.07, 6.45) is 4.93. The van der Waals surface area contributed by atoms with Gasteiger partial charge in [-0.3, -0.25) is 0 Å². The van der Waals surface area contributed by atoms with Crippen LogP contribution in [-0.4, -0.2) is 58.2 Å². The zero-order valence-electron chi connectivity index (χ0n) is 17.3. The van der Waals surface area contributed by atoms with E-state index in [0.717, 1.165) is 24.3 Å². The summed E-state index contributed by atoms with van der Waals surface area (Å²) in [7, 11) is 0. The van der Waals surface area contributed by atoms with Crippen LogP contribution in [0, 0.1) is 6.92 Å². The molecule has 3 heterocycles. The second-order valence-electron chi connectivity index (χ2n) is 6.99. The fourth-order valence-electron chi connectivity index (χ4n) is 3.22. The van der Waals surface area contributed by atoms with Gasteiger partial charge < -0.3 is 30.0 Å². The average molecular weight is 433 g/mol. The fourth-order valence-corrected chi connectivity index (χ4v) is 3.41. The molecule has 0 unspecified atom stereocenters. The van der Waals surface area contributed by atoms with E-state index in [1.54, 1.807) is 17.3 Å². The number of thiocarbonyl (C=S) groups is 1. The number of piperidine rings is 1. The number of aromatic nitrogens is 2. The van der Waals surface area contributed by atoms with Gasteiger partial charge in [-0.2, -0.15) is 0 Å². The van der Waals surface area contributed by atoms with E-state index in [9.17, 15) is 4.79 Å². The number of ether oxygens (including phenoxy) is 1. The van der Waals surface area contributed by atoms with Crippen molar-refractivity contribution in [3.05, 3.63) is 36.2 Å². The lowest BCUT2D eigenvalue weighted by molar-refractivity contribution is 0.0954. The highest BCUT2D eigenvalue weighted by atomic mass is 32.1. The summed E-state index contributed by atoms with van der Waals surface area (Å²) in [6.45, 7) is 6.44. The minimum absolute atomic E-state index is 0.231. The van der Waals surface area contributed by atoms with Crippen molar-refractivity contribution >= 4 is 34.8 Å². The first-order chi connectivity index (χ1) is 14.5. The number of pyridine rings is 1. The van der Waals surface area contributed by atoms with Gasteiger partial charge in [0.15, 0.2) is 5.89 Å². The summed E-state index contributed by atoms with van der Waals surface area (Å²) < 4.78 is 10.5. The van der Waals surface area contributed by atoms with E-state index in [1.807, 2.05) is 26.0 Å². The molecule has 3 rings (SSSR count). The molecule has 30 heavy (non-hydrogen) atoms. The Labute approximate surface area is 181 Å². The van der Waals surface area contributed by atoms with E-state index >= 15 is 0 Å². The normalized spacial score (nSPS) is 14.4. The van der Waals surface area contributed by atoms with Gasteiger partial charge in [0, 0.05) is 38.8 Å². The number of aryl methyl sites for hydroxylation is 1. The van der Waals surface area contributed by atoms with E-state index in [4.69, 9.17) is 21.4 Å². The Bertz CT molecular complexity index is 851. The smallest absolute Gasteiger partial charge is 0.409 e. The number of anilines is 2. The second kappa shape index (κ2) is 10.9. The molecule has 1 aliphatic rings. The van der Waals surface area contributed by atoms with Crippen molar-refractivity contribution < 1.29 is 13.9 Å². The number of nitrogens with zero attached hydrogens (tertiary/aromatic N) is 3. The molecule has 0 aromatic carbocycles. The number of rotatable bonds is 8. The van der Waals surface area contributed by atoms with E-state index in [2.05, 4.69) is 25.9 Å². The fraction of sp³-hybridized carbons (Fsp3) is 0.500. The molecule has 9 nitrogen and oxygen atoms in total. The second-order valence-corrected chi connectivity index (χ2v) is 7.48. The highest BCUT2D eigenvalue weighted by Crippen LogP contribution is 2.19. The summed E-state index contributed by atoms with van der Waals surface area (Å²) >= 11 is 5.50. The molecule has 10 heteroatoms. The van der Waals surface area contributed by atoms with Crippen LogP contribution in [0.5, 0.6) is 0 Å². The van der Waals surface area contributed by atoms with Crippen molar-refractivity contribution in [3.63, 3.8) is 0 Å². The largest absolute Gasteiger partial charge is 0.450 e. The van der Waals surface area contributed by atoms with Crippen LogP contribution in [0.1, 0.15) is 31.4 Å². The Balaban J connectivity index is 1.43. The van der Waals surface area contributed by atoms with Crippen molar-refractivity contribution in [2.75, 3.05) is 36.9 Å². The Morgan fingerprint density at radius 2 is 2.17 bits per heavy atom. The summed E-state index contributed by atoms with van der Waals surface area (Å²) in [6, 6.07) is 4.09. The monoisotopic (exact) mass is 432 g/mol. The van der Waals surface area contributed by atoms with Crippen LogP contribution in [0.2, 0.25) is 0 Å². The van der Waals surface area contributed by atoms with Crippen molar-refractivity contribution in [1.82, 2.24) is 20.2 Å². The summed E-state index contributed by atoms with van der Waals surface area (Å²) in [5.41, 5.74) is 0.803. The Hall–Kier alpha value is -2.72. The predicted octanol–water partition coefficient (Wildman–Crippen LogP) is 2.94. The minimum atomic E-state index is -0.231. The van der Waals surface area contributed by atoms with Crippen LogP contribution in [0.4, 0.5) is 16.3 Å². The number of amides is 1. The van der Waals surface area contributed by atoms with Crippen LogP contribution in [0.15, 0.2) is 28.9 Å². The number of oxazole rings is 1. The summed E-state index contributed by atoms with van der Waals surface area (Å²) in [4.78, 5) is 22.7. The molecule has 1 amide bonds. The van der Waals surface area contributed by atoms with Crippen molar-refractivity contribution in [2.45, 2.75) is 39.3 Å². The van der Waals surface area contributed by atoms with Gasteiger partial charge in [-0.05, 0) is 31.9 Å². The Kier molecular flexibility index (Phi) is 7.97. The van der Waals surface area contributed by atoms with Gasteiger partial charge >= 0.3 is 6.09 Å². The van der Waals surface area contributed by atoms with Crippen LogP contribution in [0.3, 0.4) is 0 Å². The molecule has 2 aromatic heterocycles. The molecule has 3 N–H and O–H groups in total. The predicted molar refractivity (Wildman–Crippen MR) is 119 cm³/mol. The van der Waals surface area contributed by atoms with Crippen LogP contribution >= 0.6 is 12.2 Å². The van der Waals surface area contributed by atoms with Gasteiger partial charge in [-0.25, -0.2) is 14.8 Å². The number of nitrogens with one attached hydrogen (secondary N) is 3. The molecule has 0 atom stereocenters. The lowest BCUT2D eigenvalue weighted by atomic mass is 10.1. The summed E-state index contributed by atoms with van der Waals surface area (Å²) in [5.74, 6) is 2.06.